The quantitative estimate of drug-likeness (QED) is 0.823. The number of hydrogen-bond donors (Lipinski definition) is 1. The molecule has 2 aliphatic heterocycles. The van der Waals surface area contributed by atoms with Crippen molar-refractivity contribution in [2.24, 2.45) is 0 Å². The van der Waals surface area contributed by atoms with Crippen LogP contribution in [0.25, 0.3) is 11.1 Å². The third-order valence-corrected chi connectivity index (χ3v) is 7.21. The van der Waals surface area contributed by atoms with Crippen molar-refractivity contribution in [2.75, 3.05) is 26.7 Å². The molecule has 2 fully saturated rings. The summed E-state index contributed by atoms with van der Waals surface area (Å²) in [5, 5.41) is 2.51. The number of nitrogens with zero attached hydrogens (tertiary/aromatic N) is 2. The van der Waals surface area contributed by atoms with Crippen LogP contribution in [0.1, 0.15) is 52.0 Å². The highest BCUT2D eigenvalue weighted by Crippen LogP contribution is 2.33. The number of amides is 2. The highest BCUT2D eigenvalue weighted by Gasteiger charge is 2.37. The Kier molecular flexibility index (Phi) is 5.26. The molecule has 0 bridgehead atoms. The molecule has 5 rings (SSSR count). The summed E-state index contributed by atoms with van der Waals surface area (Å²) in [6.45, 7) is 2.81. The number of halogens is 1. The molecule has 1 atom stereocenters. The fourth-order valence-electron chi connectivity index (χ4n) is 5.16. The number of fused-ring (bicyclic) bond motifs is 1. The molecule has 0 radical (unpaired) electrons. The zero-order valence-electron chi connectivity index (χ0n) is 17.9. The number of carbonyl (C=O) groups is 2. The van der Waals surface area contributed by atoms with E-state index < -0.39 is 5.82 Å². The number of likely N-dealkylation sites (tertiary alicyclic amines) is 1. The second-order valence-corrected chi connectivity index (χ2v) is 8.92. The molecular weight excluding hydrogens is 393 g/mol. The van der Waals surface area contributed by atoms with Gasteiger partial charge in [-0.1, -0.05) is 24.6 Å². The first kappa shape index (κ1) is 20.2. The number of rotatable bonds is 4. The summed E-state index contributed by atoms with van der Waals surface area (Å²) < 4.78 is 14.7. The van der Waals surface area contributed by atoms with Gasteiger partial charge in [0.2, 0.25) is 0 Å². The molecular formula is C25H28FN3O2. The number of hydrogen-bond acceptors (Lipinski definition) is 3. The van der Waals surface area contributed by atoms with Crippen molar-refractivity contribution >= 4 is 11.8 Å². The minimum Gasteiger partial charge on any atom is -0.355 e. The fraction of sp³-hybridized carbons (Fsp3) is 0.440. The van der Waals surface area contributed by atoms with Crippen molar-refractivity contribution in [3.8, 4) is 11.1 Å². The van der Waals surface area contributed by atoms with Gasteiger partial charge >= 0.3 is 0 Å². The highest BCUT2D eigenvalue weighted by molar-refractivity contribution is 5.98. The predicted molar refractivity (Wildman–Crippen MR) is 118 cm³/mol. The Labute approximate surface area is 182 Å². The lowest BCUT2D eigenvalue weighted by molar-refractivity contribution is 0.0646. The second-order valence-electron chi connectivity index (χ2n) is 8.92. The fourth-order valence-corrected chi connectivity index (χ4v) is 5.16. The van der Waals surface area contributed by atoms with E-state index in [1.807, 2.05) is 18.2 Å². The lowest BCUT2D eigenvalue weighted by atomic mass is 9.91. The Morgan fingerprint density at radius 1 is 1.03 bits per heavy atom. The van der Waals surface area contributed by atoms with Gasteiger partial charge in [0.15, 0.2) is 0 Å². The van der Waals surface area contributed by atoms with Crippen molar-refractivity contribution in [3.05, 3.63) is 58.9 Å². The molecule has 1 aliphatic carbocycles. The van der Waals surface area contributed by atoms with Gasteiger partial charge in [-0.05, 0) is 55.0 Å². The highest BCUT2D eigenvalue weighted by atomic mass is 19.1. The smallest absolute Gasteiger partial charge is 0.254 e. The standard InChI is InChI=1S/C25H28FN3O2/c1-27-24(30)18-6-7-21(23(26)14-18)16-5-8-22-17(13-16)9-12-29(25(22)31)20-10-11-28(15-20)19-3-2-4-19/h5-8,13-14,19-20H,2-4,9-12,15H2,1H3,(H,27,30)/t20-/m0/s1. The van der Waals surface area contributed by atoms with Gasteiger partial charge < -0.3 is 10.2 Å². The number of nitrogens with one attached hydrogen (secondary N) is 1. The molecule has 0 spiro atoms. The summed E-state index contributed by atoms with van der Waals surface area (Å²) in [5.74, 6) is -0.653. The SMILES string of the molecule is CNC(=O)c1ccc(-c2ccc3c(c2)CCN([C@H]2CCN(C4CCC4)C2)C3=O)c(F)c1. The summed E-state index contributed by atoms with van der Waals surface area (Å²) in [4.78, 5) is 29.6. The van der Waals surface area contributed by atoms with Crippen LogP contribution in [0.15, 0.2) is 36.4 Å². The average molecular weight is 422 g/mol. The molecule has 1 saturated carbocycles. The third-order valence-electron chi connectivity index (χ3n) is 7.21. The summed E-state index contributed by atoms with van der Waals surface area (Å²) in [6, 6.07) is 11.1. The normalized spacial score (nSPS) is 21.7. The molecule has 5 nitrogen and oxygen atoms in total. The molecule has 2 heterocycles. The van der Waals surface area contributed by atoms with Gasteiger partial charge in [0.1, 0.15) is 5.82 Å². The van der Waals surface area contributed by atoms with E-state index in [0.717, 1.165) is 55.2 Å². The van der Waals surface area contributed by atoms with Crippen LogP contribution in [0.2, 0.25) is 0 Å². The molecule has 1 saturated heterocycles. The monoisotopic (exact) mass is 421 g/mol. The van der Waals surface area contributed by atoms with Gasteiger partial charge in [0.25, 0.3) is 11.8 Å². The van der Waals surface area contributed by atoms with Crippen molar-refractivity contribution < 1.29 is 14.0 Å². The molecule has 2 aromatic carbocycles. The van der Waals surface area contributed by atoms with E-state index in [-0.39, 0.29) is 11.8 Å². The maximum atomic E-state index is 14.7. The lowest BCUT2D eigenvalue weighted by Crippen LogP contribution is -2.47. The van der Waals surface area contributed by atoms with Gasteiger partial charge in [0.05, 0.1) is 0 Å². The Hall–Kier alpha value is -2.73. The van der Waals surface area contributed by atoms with Crippen LogP contribution in [0.3, 0.4) is 0 Å². The van der Waals surface area contributed by atoms with Gasteiger partial charge in [-0.3, -0.25) is 14.5 Å². The van der Waals surface area contributed by atoms with Crippen LogP contribution in [-0.2, 0) is 6.42 Å². The minimum atomic E-state index is -0.438. The molecule has 6 heteroatoms. The minimum absolute atomic E-state index is 0.101. The lowest BCUT2D eigenvalue weighted by Gasteiger charge is -2.37. The van der Waals surface area contributed by atoms with E-state index in [9.17, 15) is 14.0 Å². The topological polar surface area (TPSA) is 52.7 Å². The van der Waals surface area contributed by atoms with Gasteiger partial charge in [-0.2, -0.15) is 0 Å². The summed E-state index contributed by atoms with van der Waals surface area (Å²) in [6.07, 6.45) is 5.77. The van der Waals surface area contributed by atoms with Crippen molar-refractivity contribution in [1.29, 1.82) is 0 Å². The number of benzene rings is 2. The van der Waals surface area contributed by atoms with Crippen LogP contribution in [-0.4, -0.2) is 60.4 Å². The van der Waals surface area contributed by atoms with Crippen LogP contribution in [0.5, 0.6) is 0 Å². The van der Waals surface area contributed by atoms with Crippen molar-refractivity contribution in [1.82, 2.24) is 15.1 Å². The first-order valence-electron chi connectivity index (χ1n) is 11.2. The van der Waals surface area contributed by atoms with E-state index in [1.54, 1.807) is 12.1 Å². The Morgan fingerprint density at radius 2 is 1.84 bits per heavy atom. The average Bonchev–Trinajstić information content (AvgIpc) is 3.20. The largest absolute Gasteiger partial charge is 0.355 e. The molecule has 3 aliphatic rings. The van der Waals surface area contributed by atoms with Crippen LogP contribution < -0.4 is 5.32 Å². The van der Waals surface area contributed by atoms with E-state index in [0.29, 0.717) is 17.2 Å². The second kappa shape index (κ2) is 8.08. The van der Waals surface area contributed by atoms with E-state index in [4.69, 9.17) is 0 Å². The molecule has 162 valence electrons. The summed E-state index contributed by atoms with van der Waals surface area (Å²) in [7, 11) is 1.52. The van der Waals surface area contributed by atoms with Gasteiger partial charge in [-0.15, -0.1) is 0 Å². The van der Waals surface area contributed by atoms with Crippen molar-refractivity contribution in [3.63, 3.8) is 0 Å². The summed E-state index contributed by atoms with van der Waals surface area (Å²) >= 11 is 0. The van der Waals surface area contributed by atoms with Crippen molar-refractivity contribution in [2.45, 2.75) is 44.2 Å². The summed E-state index contributed by atoms with van der Waals surface area (Å²) in [5.41, 5.74) is 3.18. The molecule has 1 N–H and O–H groups in total. The molecule has 0 unspecified atom stereocenters. The molecule has 2 amide bonds. The van der Waals surface area contributed by atoms with Gasteiger partial charge in [-0.25, -0.2) is 4.39 Å². The Bertz CT molecular complexity index is 1030. The first-order chi connectivity index (χ1) is 15.0. The molecule has 0 aromatic heterocycles. The Morgan fingerprint density at radius 3 is 2.55 bits per heavy atom. The zero-order valence-corrected chi connectivity index (χ0v) is 17.9. The van der Waals surface area contributed by atoms with E-state index >= 15 is 0 Å². The predicted octanol–water partition coefficient (Wildman–Crippen LogP) is 3.48. The van der Waals surface area contributed by atoms with Crippen LogP contribution >= 0.6 is 0 Å². The van der Waals surface area contributed by atoms with Crippen LogP contribution in [0.4, 0.5) is 4.39 Å². The maximum Gasteiger partial charge on any atom is 0.254 e. The third kappa shape index (κ3) is 3.63. The van der Waals surface area contributed by atoms with E-state index in [1.165, 1.54) is 32.4 Å². The number of carbonyl (C=O) groups excluding carboxylic acids is 2. The van der Waals surface area contributed by atoms with Crippen LogP contribution in [0, 0.1) is 5.82 Å². The van der Waals surface area contributed by atoms with Gasteiger partial charge in [0, 0.05) is 55.5 Å². The first-order valence-corrected chi connectivity index (χ1v) is 11.2. The molecule has 31 heavy (non-hydrogen) atoms. The zero-order chi connectivity index (χ0) is 21.5. The maximum absolute atomic E-state index is 14.7. The van der Waals surface area contributed by atoms with E-state index in [2.05, 4.69) is 15.1 Å². The molecule has 2 aromatic rings. The Balaban J connectivity index is 1.34.